The number of hydrogen-bond acceptors (Lipinski definition) is 4. The van der Waals surface area contributed by atoms with Crippen LogP contribution in [0.2, 0.25) is 0 Å². The van der Waals surface area contributed by atoms with Crippen molar-refractivity contribution in [3.05, 3.63) is 59.4 Å². The van der Waals surface area contributed by atoms with E-state index in [2.05, 4.69) is 4.72 Å². The van der Waals surface area contributed by atoms with Crippen molar-refractivity contribution in [2.24, 2.45) is 0 Å². The first kappa shape index (κ1) is 20.6. The van der Waals surface area contributed by atoms with E-state index in [1.807, 2.05) is 6.92 Å². The lowest BCUT2D eigenvalue weighted by atomic mass is 10.0. The van der Waals surface area contributed by atoms with Crippen molar-refractivity contribution in [1.82, 2.24) is 0 Å². The Bertz CT molecular complexity index is 1050. The zero-order valence-electron chi connectivity index (χ0n) is 15.6. The number of hydrogen-bond donors (Lipinski definition) is 1. The number of nitrogens with zero attached hydrogens (tertiary/aromatic N) is 1. The quantitative estimate of drug-likeness (QED) is 0.737. The monoisotopic (exact) mass is 426 g/mol. The zero-order valence-corrected chi connectivity index (χ0v) is 17.2. The van der Waals surface area contributed by atoms with Crippen LogP contribution < -0.4 is 9.03 Å². The van der Waals surface area contributed by atoms with Gasteiger partial charge in [0.1, 0.15) is 5.82 Å². The maximum atomic E-state index is 13.0. The SMILES string of the molecule is CCCS(=O)(=O)N1CCCc2cc(NS(=O)(=O)Cc3ccc(F)cc3)ccc21. The summed E-state index contributed by atoms with van der Waals surface area (Å²) in [5.41, 5.74) is 2.27. The van der Waals surface area contributed by atoms with Crippen molar-refractivity contribution in [1.29, 1.82) is 0 Å². The van der Waals surface area contributed by atoms with Gasteiger partial charge >= 0.3 is 0 Å². The average Bonchev–Trinajstić information content (AvgIpc) is 2.62. The molecule has 2 aromatic carbocycles. The lowest BCUT2D eigenvalue weighted by Crippen LogP contribution is -2.37. The van der Waals surface area contributed by atoms with E-state index < -0.39 is 25.9 Å². The third kappa shape index (κ3) is 4.82. The van der Waals surface area contributed by atoms with Gasteiger partial charge in [-0.15, -0.1) is 0 Å². The molecule has 0 radical (unpaired) electrons. The van der Waals surface area contributed by atoms with Crippen LogP contribution >= 0.6 is 0 Å². The third-order valence-electron chi connectivity index (χ3n) is 4.50. The molecule has 0 atom stereocenters. The van der Waals surface area contributed by atoms with Gasteiger partial charge in [-0.25, -0.2) is 21.2 Å². The Morgan fingerprint density at radius 1 is 1.07 bits per heavy atom. The van der Waals surface area contributed by atoms with Crippen molar-refractivity contribution in [3.8, 4) is 0 Å². The maximum absolute atomic E-state index is 13.0. The number of nitrogens with one attached hydrogen (secondary N) is 1. The van der Waals surface area contributed by atoms with Crippen LogP contribution in [-0.4, -0.2) is 29.1 Å². The van der Waals surface area contributed by atoms with Crippen LogP contribution in [0.1, 0.15) is 30.9 Å². The minimum atomic E-state index is -3.68. The van der Waals surface area contributed by atoms with Gasteiger partial charge in [0.25, 0.3) is 0 Å². The normalized spacial score (nSPS) is 14.6. The van der Waals surface area contributed by atoms with Crippen LogP contribution in [0.4, 0.5) is 15.8 Å². The predicted molar refractivity (Wildman–Crippen MR) is 109 cm³/mol. The molecule has 0 unspecified atom stereocenters. The first-order chi connectivity index (χ1) is 13.2. The van der Waals surface area contributed by atoms with Gasteiger partial charge in [0.15, 0.2) is 0 Å². The number of anilines is 2. The van der Waals surface area contributed by atoms with Gasteiger partial charge in [0.2, 0.25) is 20.0 Å². The first-order valence-corrected chi connectivity index (χ1v) is 12.3. The Morgan fingerprint density at radius 3 is 2.46 bits per heavy atom. The van der Waals surface area contributed by atoms with Crippen molar-refractivity contribution in [2.75, 3.05) is 21.3 Å². The van der Waals surface area contributed by atoms with E-state index in [0.29, 0.717) is 42.7 Å². The molecule has 0 amide bonds. The molecule has 2 aromatic rings. The fourth-order valence-electron chi connectivity index (χ4n) is 3.30. The van der Waals surface area contributed by atoms with Crippen LogP contribution in [0.3, 0.4) is 0 Å². The van der Waals surface area contributed by atoms with Crippen LogP contribution in [0.15, 0.2) is 42.5 Å². The number of fused-ring (bicyclic) bond motifs is 1. The summed E-state index contributed by atoms with van der Waals surface area (Å²) in [5.74, 6) is -0.619. The van der Waals surface area contributed by atoms with Crippen LogP contribution in [0.25, 0.3) is 0 Å². The Balaban J connectivity index is 1.80. The molecule has 0 fully saturated rings. The highest BCUT2D eigenvalue weighted by molar-refractivity contribution is 7.92. The summed E-state index contributed by atoms with van der Waals surface area (Å²) in [6.07, 6.45) is 1.90. The number of sulfonamides is 2. The van der Waals surface area contributed by atoms with Gasteiger partial charge in [0, 0.05) is 12.2 Å². The largest absolute Gasteiger partial charge is 0.283 e. The fraction of sp³-hybridized carbons (Fsp3) is 0.368. The Kier molecular flexibility index (Phi) is 5.95. The van der Waals surface area contributed by atoms with Gasteiger partial charge < -0.3 is 0 Å². The summed E-state index contributed by atoms with van der Waals surface area (Å²) in [6.45, 7) is 2.26. The molecule has 0 saturated carbocycles. The van der Waals surface area contributed by atoms with Gasteiger partial charge in [-0.2, -0.15) is 0 Å². The highest BCUT2D eigenvalue weighted by Gasteiger charge is 2.27. The van der Waals surface area contributed by atoms with Crippen molar-refractivity contribution in [3.63, 3.8) is 0 Å². The molecule has 1 aliphatic rings. The summed E-state index contributed by atoms with van der Waals surface area (Å²) in [5, 5.41) is 0. The molecule has 0 spiro atoms. The highest BCUT2D eigenvalue weighted by Crippen LogP contribution is 2.32. The third-order valence-corrected chi connectivity index (χ3v) is 7.73. The van der Waals surface area contributed by atoms with E-state index >= 15 is 0 Å². The lowest BCUT2D eigenvalue weighted by molar-refractivity contribution is 0.585. The smallest absolute Gasteiger partial charge is 0.236 e. The molecule has 3 rings (SSSR count). The zero-order chi connectivity index (χ0) is 20.4. The molecule has 9 heteroatoms. The highest BCUT2D eigenvalue weighted by atomic mass is 32.2. The number of rotatable bonds is 7. The fourth-order valence-corrected chi connectivity index (χ4v) is 6.11. The van der Waals surface area contributed by atoms with E-state index in [-0.39, 0.29) is 11.5 Å². The maximum Gasteiger partial charge on any atom is 0.236 e. The van der Waals surface area contributed by atoms with E-state index in [9.17, 15) is 21.2 Å². The molecule has 0 saturated heterocycles. The Labute approximate surface area is 165 Å². The molecular formula is C19H23FN2O4S2. The molecule has 1 heterocycles. The van der Waals surface area contributed by atoms with Crippen molar-refractivity contribution < 1.29 is 21.2 Å². The molecular weight excluding hydrogens is 403 g/mol. The second-order valence-electron chi connectivity index (χ2n) is 6.82. The van der Waals surface area contributed by atoms with Gasteiger partial charge in [0.05, 0.1) is 17.2 Å². The minimum absolute atomic E-state index is 0.0818. The topological polar surface area (TPSA) is 83.6 Å². The number of aryl methyl sites for hydroxylation is 1. The molecule has 152 valence electrons. The molecule has 0 aliphatic carbocycles. The minimum Gasteiger partial charge on any atom is -0.283 e. The van der Waals surface area contributed by atoms with Crippen molar-refractivity contribution >= 4 is 31.4 Å². The first-order valence-electron chi connectivity index (χ1n) is 9.08. The van der Waals surface area contributed by atoms with Crippen LogP contribution in [0.5, 0.6) is 0 Å². The van der Waals surface area contributed by atoms with Crippen LogP contribution in [0, 0.1) is 5.82 Å². The Morgan fingerprint density at radius 2 is 1.79 bits per heavy atom. The summed E-state index contributed by atoms with van der Waals surface area (Å²) < 4.78 is 66.7. The second-order valence-corrected chi connectivity index (χ2v) is 10.6. The van der Waals surface area contributed by atoms with Gasteiger partial charge in [-0.3, -0.25) is 9.03 Å². The van der Waals surface area contributed by atoms with Gasteiger partial charge in [-0.05, 0) is 60.7 Å². The predicted octanol–water partition coefficient (Wildman–Crippen LogP) is 3.26. The summed E-state index contributed by atoms with van der Waals surface area (Å²) in [4.78, 5) is 0. The molecule has 28 heavy (non-hydrogen) atoms. The van der Waals surface area contributed by atoms with Crippen LogP contribution in [-0.2, 0) is 32.2 Å². The average molecular weight is 427 g/mol. The number of benzene rings is 2. The second kappa shape index (κ2) is 8.08. The molecule has 1 N–H and O–H groups in total. The Hall–Kier alpha value is -2.13. The summed E-state index contributed by atoms with van der Waals surface area (Å²) in [6, 6.07) is 10.2. The van der Waals surface area contributed by atoms with E-state index in [1.165, 1.54) is 28.6 Å². The molecule has 0 aromatic heterocycles. The van der Waals surface area contributed by atoms with E-state index in [4.69, 9.17) is 0 Å². The molecule has 1 aliphatic heterocycles. The standard InChI is InChI=1S/C19H23FN2O4S2/c1-2-12-28(25,26)22-11-3-4-16-13-18(9-10-19(16)22)21-27(23,24)14-15-5-7-17(20)8-6-15/h5-10,13,21H,2-4,11-12,14H2,1H3. The van der Waals surface area contributed by atoms with Crippen molar-refractivity contribution in [2.45, 2.75) is 31.9 Å². The van der Waals surface area contributed by atoms with Gasteiger partial charge in [-0.1, -0.05) is 19.1 Å². The summed E-state index contributed by atoms with van der Waals surface area (Å²) in [7, 11) is -7.06. The van der Waals surface area contributed by atoms with E-state index in [0.717, 1.165) is 5.56 Å². The number of halogens is 1. The molecule has 0 bridgehead atoms. The lowest BCUT2D eigenvalue weighted by Gasteiger charge is -2.30. The molecule has 6 nitrogen and oxygen atoms in total. The van der Waals surface area contributed by atoms with E-state index in [1.54, 1.807) is 18.2 Å². The summed E-state index contributed by atoms with van der Waals surface area (Å²) >= 11 is 0.